The van der Waals surface area contributed by atoms with E-state index in [0.717, 1.165) is 10.6 Å². The molecule has 0 atom stereocenters. The molecule has 2 heterocycles. The van der Waals surface area contributed by atoms with Crippen LogP contribution < -0.4 is 5.73 Å². The molecule has 0 radical (unpaired) electrons. The molecule has 2 aromatic heterocycles. The van der Waals surface area contributed by atoms with Crippen molar-refractivity contribution >= 4 is 23.2 Å². The molecule has 0 saturated carbocycles. The van der Waals surface area contributed by atoms with Gasteiger partial charge in [-0.15, -0.1) is 11.8 Å². The Morgan fingerprint density at radius 2 is 2.26 bits per heavy atom. The molecule has 0 aliphatic rings. The minimum atomic E-state index is -0.387. The summed E-state index contributed by atoms with van der Waals surface area (Å²) in [6, 6.07) is 6.66. The van der Waals surface area contributed by atoms with Crippen molar-refractivity contribution in [2.45, 2.75) is 10.6 Å². The summed E-state index contributed by atoms with van der Waals surface area (Å²) in [4.78, 5) is 9.36. The SMILES string of the molecule is Nc1ccc(SCc2cn3cccnc3n2)cc1F. The molecular formula is C13H11FN4S. The van der Waals surface area contributed by atoms with Crippen molar-refractivity contribution < 1.29 is 4.39 Å². The smallest absolute Gasteiger partial charge is 0.233 e. The molecule has 0 fully saturated rings. The number of halogens is 1. The minimum absolute atomic E-state index is 0.168. The average molecular weight is 274 g/mol. The Hall–Kier alpha value is -2.08. The van der Waals surface area contributed by atoms with Crippen LogP contribution in [0.5, 0.6) is 0 Å². The number of fused-ring (bicyclic) bond motifs is 1. The fraction of sp³-hybridized carbons (Fsp3) is 0.0769. The predicted octanol–water partition coefficient (Wildman–Crippen LogP) is 2.74. The van der Waals surface area contributed by atoms with Gasteiger partial charge in [-0.1, -0.05) is 0 Å². The van der Waals surface area contributed by atoms with E-state index in [-0.39, 0.29) is 11.5 Å². The number of benzene rings is 1. The van der Waals surface area contributed by atoms with Crippen LogP contribution in [0.2, 0.25) is 0 Å². The Bertz CT molecular complexity index is 692. The molecule has 3 aromatic rings. The highest BCUT2D eigenvalue weighted by molar-refractivity contribution is 7.98. The lowest BCUT2D eigenvalue weighted by Gasteiger charge is -2.01. The first-order valence-corrected chi connectivity index (χ1v) is 6.67. The van der Waals surface area contributed by atoms with E-state index >= 15 is 0 Å². The quantitative estimate of drug-likeness (QED) is 0.589. The van der Waals surface area contributed by atoms with Gasteiger partial charge in [0.25, 0.3) is 0 Å². The molecule has 2 N–H and O–H groups in total. The highest BCUT2D eigenvalue weighted by Gasteiger charge is 2.04. The van der Waals surface area contributed by atoms with Crippen LogP contribution in [0.25, 0.3) is 5.78 Å². The van der Waals surface area contributed by atoms with Crippen LogP contribution in [-0.2, 0) is 5.75 Å². The number of hydrogen-bond donors (Lipinski definition) is 1. The van der Waals surface area contributed by atoms with Crippen LogP contribution in [0, 0.1) is 5.82 Å². The maximum atomic E-state index is 13.3. The van der Waals surface area contributed by atoms with Crippen molar-refractivity contribution in [3.05, 3.63) is 54.4 Å². The number of imidazole rings is 1. The number of thioether (sulfide) groups is 1. The molecule has 0 spiro atoms. The second-order valence-corrected chi connectivity index (χ2v) is 5.08. The lowest BCUT2D eigenvalue weighted by molar-refractivity contribution is 0.629. The van der Waals surface area contributed by atoms with Crippen LogP contribution >= 0.6 is 11.8 Å². The normalized spacial score (nSPS) is 11.0. The van der Waals surface area contributed by atoms with Crippen LogP contribution in [0.15, 0.2) is 47.8 Å². The van der Waals surface area contributed by atoms with Crippen molar-refractivity contribution in [2.24, 2.45) is 0 Å². The third-order valence-corrected chi connectivity index (χ3v) is 3.67. The topological polar surface area (TPSA) is 56.2 Å². The Morgan fingerprint density at radius 1 is 1.37 bits per heavy atom. The Kier molecular flexibility index (Phi) is 3.08. The average Bonchev–Trinajstić information content (AvgIpc) is 2.83. The van der Waals surface area contributed by atoms with Gasteiger partial charge in [-0.2, -0.15) is 0 Å². The van der Waals surface area contributed by atoms with Crippen molar-refractivity contribution in [1.82, 2.24) is 14.4 Å². The first-order chi connectivity index (χ1) is 9.22. The van der Waals surface area contributed by atoms with Gasteiger partial charge in [0, 0.05) is 29.2 Å². The lowest BCUT2D eigenvalue weighted by atomic mass is 10.3. The summed E-state index contributed by atoms with van der Waals surface area (Å²) in [5, 5.41) is 0. The molecule has 3 rings (SSSR count). The zero-order valence-corrected chi connectivity index (χ0v) is 10.8. The van der Waals surface area contributed by atoms with E-state index in [1.165, 1.54) is 17.8 Å². The third-order valence-electron chi connectivity index (χ3n) is 2.64. The molecule has 0 bridgehead atoms. The number of rotatable bonds is 3. The predicted molar refractivity (Wildman–Crippen MR) is 73.4 cm³/mol. The third kappa shape index (κ3) is 2.53. The van der Waals surface area contributed by atoms with E-state index in [1.54, 1.807) is 18.3 Å². The van der Waals surface area contributed by atoms with E-state index in [1.807, 2.05) is 22.9 Å². The number of aromatic nitrogens is 3. The Labute approximate surface area is 113 Å². The first-order valence-electron chi connectivity index (χ1n) is 5.69. The summed E-state index contributed by atoms with van der Waals surface area (Å²) in [5.74, 6) is 0.940. The van der Waals surface area contributed by atoms with Crippen LogP contribution in [0.1, 0.15) is 5.69 Å². The van der Waals surface area contributed by atoms with Crippen molar-refractivity contribution in [3.63, 3.8) is 0 Å². The standard InChI is InChI=1S/C13H11FN4S/c14-11-6-10(2-3-12(11)15)19-8-9-7-18-5-1-4-16-13(18)17-9/h1-7H,8,15H2. The first kappa shape index (κ1) is 12.0. The fourth-order valence-electron chi connectivity index (χ4n) is 1.70. The molecule has 6 heteroatoms. The molecular weight excluding hydrogens is 263 g/mol. The largest absolute Gasteiger partial charge is 0.396 e. The minimum Gasteiger partial charge on any atom is -0.396 e. The van der Waals surface area contributed by atoms with E-state index in [9.17, 15) is 4.39 Å². The second-order valence-electron chi connectivity index (χ2n) is 4.03. The summed E-state index contributed by atoms with van der Waals surface area (Å²) < 4.78 is 15.2. The van der Waals surface area contributed by atoms with Gasteiger partial charge in [0.2, 0.25) is 5.78 Å². The van der Waals surface area contributed by atoms with E-state index < -0.39 is 0 Å². The zero-order chi connectivity index (χ0) is 13.2. The van der Waals surface area contributed by atoms with E-state index in [0.29, 0.717) is 11.5 Å². The van der Waals surface area contributed by atoms with Crippen molar-refractivity contribution in [3.8, 4) is 0 Å². The second kappa shape index (κ2) is 4.89. The molecule has 96 valence electrons. The molecule has 0 amide bonds. The molecule has 0 aliphatic heterocycles. The molecule has 0 saturated heterocycles. The molecule has 19 heavy (non-hydrogen) atoms. The molecule has 0 aliphatic carbocycles. The maximum Gasteiger partial charge on any atom is 0.233 e. The summed E-state index contributed by atoms with van der Waals surface area (Å²) >= 11 is 1.51. The zero-order valence-electron chi connectivity index (χ0n) is 9.95. The van der Waals surface area contributed by atoms with Gasteiger partial charge in [0.05, 0.1) is 11.4 Å². The van der Waals surface area contributed by atoms with Gasteiger partial charge < -0.3 is 5.73 Å². The Balaban J connectivity index is 1.76. The summed E-state index contributed by atoms with van der Waals surface area (Å²) in [7, 11) is 0. The molecule has 1 aromatic carbocycles. The van der Waals surface area contributed by atoms with Crippen molar-refractivity contribution in [1.29, 1.82) is 0 Å². The van der Waals surface area contributed by atoms with Crippen LogP contribution in [-0.4, -0.2) is 14.4 Å². The fourth-order valence-corrected chi connectivity index (χ4v) is 2.51. The lowest BCUT2D eigenvalue weighted by Crippen LogP contribution is -1.90. The molecule has 4 nitrogen and oxygen atoms in total. The number of nitrogen functional groups attached to an aromatic ring is 1. The monoisotopic (exact) mass is 274 g/mol. The van der Waals surface area contributed by atoms with E-state index in [4.69, 9.17) is 5.73 Å². The van der Waals surface area contributed by atoms with Gasteiger partial charge in [0.15, 0.2) is 0 Å². The van der Waals surface area contributed by atoms with Gasteiger partial charge in [-0.3, -0.25) is 4.40 Å². The van der Waals surface area contributed by atoms with Crippen LogP contribution in [0.3, 0.4) is 0 Å². The van der Waals surface area contributed by atoms with Crippen LogP contribution in [0.4, 0.5) is 10.1 Å². The summed E-state index contributed by atoms with van der Waals surface area (Å²) in [6.45, 7) is 0. The molecule has 0 unspecified atom stereocenters. The maximum absolute atomic E-state index is 13.3. The summed E-state index contributed by atoms with van der Waals surface area (Å²) in [5.41, 5.74) is 6.51. The highest BCUT2D eigenvalue weighted by atomic mass is 32.2. The number of hydrogen-bond acceptors (Lipinski definition) is 4. The number of anilines is 1. The van der Waals surface area contributed by atoms with Gasteiger partial charge in [-0.25, -0.2) is 14.4 Å². The summed E-state index contributed by atoms with van der Waals surface area (Å²) in [6.07, 6.45) is 5.52. The van der Waals surface area contributed by atoms with Gasteiger partial charge >= 0.3 is 0 Å². The Morgan fingerprint density at radius 3 is 3.05 bits per heavy atom. The number of nitrogens with two attached hydrogens (primary N) is 1. The van der Waals surface area contributed by atoms with Gasteiger partial charge in [-0.05, 0) is 24.3 Å². The number of nitrogens with zero attached hydrogens (tertiary/aromatic N) is 3. The van der Waals surface area contributed by atoms with Crippen molar-refractivity contribution in [2.75, 3.05) is 5.73 Å². The van der Waals surface area contributed by atoms with E-state index in [2.05, 4.69) is 9.97 Å². The van der Waals surface area contributed by atoms with Gasteiger partial charge in [0.1, 0.15) is 5.82 Å². The highest BCUT2D eigenvalue weighted by Crippen LogP contribution is 2.25.